The third-order valence-corrected chi connectivity index (χ3v) is 7.59. The second-order valence-corrected chi connectivity index (χ2v) is 8.54. The van der Waals surface area contributed by atoms with Crippen LogP contribution >= 0.6 is 0 Å². The Morgan fingerprint density at radius 3 is 2.40 bits per heavy atom. The highest BCUT2D eigenvalue weighted by Gasteiger charge is 2.54. The first-order chi connectivity index (χ1) is 12.1. The lowest BCUT2D eigenvalue weighted by Gasteiger charge is -2.61. The van der Waals surface area contributed by atoms with Crippen LogP contribution in [0.4, 0.5) is 0 Å². The number of nitrogens with zero attached hydrogens (tertiary/aromatic N) is 1. The summed E-state index contributed by atoms with van der Waals surface area (Å²) in [6.07, 6.45) is 12.8. The van der Waals surface area contributed by atoms with Gasteiger partial charge in [0.05, 0.1) is 0 Å². The molecule has 0 radical (unpaired) electrons. The molecule has 1 atom stereocenters. The van der Waals surface area contributed by atoms with Crippen molar-refractivity contribution in [2.45, 2.75) is 77.2 Å². The summed E-state index contributed by atoms with van der Waals surface area (Å²) in [6.45, 7) is 10.8. The van der Waals surface area contributed by atoms with E-state index in [0.29, 0.717) is 0 Å². The maximum atomic E-state index is 2.76. The van der Waals surface area contributed by atoms with Crippen LogP contribution in [0.15, 0.2) is 42.0 Å². The molecule has 2 heterocycles. The van der Waals surface area contributed by atoms with Crippen molar-refractivity contribution < 1.29 is 0 Å². The fraction of sp³-hybridized carbons (Fsp3) is 0.583. The molecular weight excluding hydrogens is 302 g/mol. The first kappa shape index (κ1) is 16.9. The van der Waals surface area contributed by atoms with Gasteiger partial charge in [0, 0.05) is 28.8 Å². The van der Waals surface area contributed by atoms with Gasteiger partial charge in [0.25, 0.3) is 0 Å². The molecule has 1 unspecified atom stereocenters. The Kier molecular flexibility index (Phi) is 4.09. The molecule has 2 aliphatic heterocycles. The SMILES string of the molecule is CCC1(C)c2ccccc2C2=CC(CC3CC3)=CCN2C1(CC)CC. The average Bonchev–Trinajstić information content (AvgIpc) is 3.47. The minimum absolute atomic E-state index is 0.201. The molecule has 0 bridgehead atoms. The quantitative estimate of drug-likeness (QED) is 0.609. The predicted octanol–water partition coefficient (Wildman–Crippen LogP) is 6.31. The van der Waals surface area contributed by atoms with Crippen LogP contribution in [-0.4, -0.2) is 17.0 Å². The van der Waals surface area contributed by atoms with Crippen molar-refractivity contribution in [3.63, 3.8) is 0 Å². The van der Waals surface area contributed by atoms with E-state index in [1.807, 2.05) is 0 Å². The van der Waals surface area contributed by atoms with E-state index in [-0.39, 0.29) is 11.0 Å². The predicted molar refractivity (Wildman–Crippen MR) is 108 cm³/mol. The molecule has 1 aromatic carbocycles. The lowest BCUT2D eigenvalue weighted by molar-refractivity contribution is 0.0499. The van der Waals surface area contributed by atoms with E-state index in [1.165, 1.54) is 49.8 Å². The average molecular weight is 336 g/mol. The van der Waals surface area contributed by atoms with Gasteiger partial charge in [-0.2, -0.15) is 0 Å². The second-order valence-electron chi connectivity index (χ2n) is 8.54. The molecule has 134 valence electrons. The lowest BCUT2D eigenvalue weighted by Crippen LogP contribution is -2.63. The summed E-state index contributed by atoms with van der Waals surface area (Å²) in [4.78, 5) is 2.76. The van der Waals surface area contributed by atoms with Crippen molar-refractivity contribution in [3.05, 3.63) is 53.1 Å². The number of allylic oxidation sites excluding steroid dienone is 2. The van der Waals surface area contributed by atoms with Gasteiger partial charge in [-0.15, -0.1) is 0 Å². The Hall–Kier alpha value is -1.50. The van der Waals surface area contributed by atoms with E-state index in [2.05, 4.69) is 69.0 Å². The van der Waals surface area contributed by atoms with Crippen LogP contribution in [-0.2, 0) is 5.41 Å². The highest BCUT2D eigenvalue weighted by Crippen LogP contribution is 2.55. The van der Waals surface area contributed by atoms with Crippen molar-refractivity contribution in [3.8, 4) is 0 Å². The number of rotatable bonds is 5. The van der Waals surface area contributed by atoms with E-state index in [4.69, 9.17) is 0 Å². The van der Waals surface area contributed by atoms with E-state index < -0.39 is 0 Å². The first-order valence-corrected chi connectivity index (χ1v) is 10.4. The molecule has 0 N–H and O–H groups in total. The molecule has 0 saturated heterocycles. The van der Waals surface area contributed by atoms with Crippen LogP contribution in [0.2, 0.25) is 0 Å². The van der Waals surface area contributed by atoms with Crippen LogP contribution < -0.4 is 0 Å². The van der Waals surface area contributed by atoms with Crippen molar-refractivity contribution in [2.75, 3.05) is 6.54 Å². The normalized spacial score (nSPS) is 27.3. The van der Waals surface area contributed by atoms with E-state index in [1.54, 1.807) is 11.1 Å². The molecular formula is C24H33N. The van der Waals surface area contributed by atoms with Gasteiger partial charge in [-0.1, -0.05) is 58.0 Å². The molecule has 1 heteroatoms. The van der Waals surface area contributed by atoms with Crippen LogP contribution in [0.3, 0.4) is 0 Å². The highest BCUT2D eigenvalue weighted by molar-refractivity contribution is 5.75. The van der Waals surface area contributed by atoms with Gasteiger partial charge < -0.3 is 4.90 Å². The zero-order chi connectivity index (χ0) is 17.7. The smallest absolute Gasteiger partial charge is 0.0494 e. The molecule has 1 fully saturated rings. The molecule has 1 aliphatic carbocycles. The van der Waals surface area contributed by atoms with Gasteiger partial charge in [0.2, 0.25) is 0 Å². The summed E-state index contributed by atoms with van der Waals surface area (Å²) in [5.41, 5.74) is 6.52. The molecule has 3 aliphatic rings. The van der Waals surface area contributed by atoms with Crippen molar-refractivity contribution >= 4 is 5.70 Å². The number of benzene rings is 1. The third kappa shape index (κ3) is 2.34. The summed E-state index contributed by atoms with van der Waals surface area (Å²) in [7, 11) is 0. The van der Waals surface area contributed by atoms with E-state index >= 15 is 0 Å². The van der Waals surface area contributed by atoms with E-state index in [0.717, 1.165) is 12.5 Å². The third-order valence-electron chi connectivity index (χ3n) is 7.59. The van der Waals surface area contributed by atoms with Crippen molar-refractivity contribution in [1.29, 1.82) is 0 Å². The van der Waals surface area contributed by atoms with Gasteiger partial charge in [-0.25, -0.2) is 0 Å². The Morgan fingerprint density at radius 2 is 1.76 bits per heavy atom. The maximum absolute atomic E-state index is 2.76. The topological polar surface area (TPSA) is 3.24 Å². The minimum atomic E-state index is 0.201. The largest absolute Gasteiger partial charge is 0.361 e. The summed E-state index contributed by atoms with van der Waals surface area (Å²) in [6, 6.07) is 9.22. The first-order valence-electron chi connectivity index (χ1n) is 10.4. The number of hydrogen-bond acceptors (Lipinski definition) is 1. The molecule has 25 heavy (non-hydrogen) atoms. The van der Waals surface area contributed by atoms with Crippen LogP contribution in [0, 0.1) is 5.92 Å². The van der Waals surface area contributed by atoms with Gasteiger partial charge in [-0.3, -0.25) is 0 Å². The van der Waals surface area contributed by atoms with Gasteiger partial charge in [0.15, 0.2) is 0 Å². The fourth-order valence-corrected chi connectivity index (χ4v) is 5.71. The van der Waals surface area contributed by atoms with Crippen LogP contribution in [0.5, 0.6) is 0 Å². The molecule has 1 aromatic rings. The summed E-state index contributed by atoms with van der Waals surface area (Å²) in [5, 5.41) is 0. The minimum Gasteiger partial charge on any atom is -0.361 e. The maximum Gasteiger partial charge on any atom is 0.0494 e. The summed E-state index contributed by atoms with van der Waals surface area (Å²) in [5.74, 6) is 0.955. The molecule has 4 rings (SSSR count). The molecule has 1 saturated carbocycles. The van der Waals surface area contributed by atoms with Crippen molar-refractivity contribution in [2.24, 2.45) is 5.92 Å². The van der Waals surface area contributed by atoms with Crippen molar-refractivity contribution in [1.82, 2.24) is 4.90 Å². The fourth-order valence-electron chi connectivity index (χ4n) is 5.71. The van der Waals surface area contributed by atoms with Gasteiger partial charge >= 0.3 is 0 Å². The zero-order valence-corrected chi connectivity index (χ0v) is 16.4. The standard InChI is InChI=1S/C24H33N/c1-5-23(4)21-11-9-8-10-20(21)22-17-19(16-18-12-13-18)14-15-25(22)24(23,6-2)7-3/h8-11,14,17-18H,5-7,12-13,15-16H2,1-4H3. The summed E-state index contributed by atoms with van der Waals surface area (Å²) < 4.78 is 0. The molecule has 0 amide bonds. The highest BCUT2D eigenvalue weighted by atomic mass is 15.2. The molecule has 0 spiro atoms. The zero-order valence-electron chi connectivity index (χ0n) is 16.4. The van der Waals surface area contributed by atoms with Gasteiger partial charge in [0.1, 0.15) is 0 Å². The number of hydrogen-bond donors (Lipinski definition) is 0. The van der Waals surface area contributed by atoms with Crippen LogP contribution in [0.25, 0.3) is 5.70 Å². The Labute approximate surface area is 153 Å². The molecule has 1 nitrogen and oxygen atoms in total. The summed E-state index contributed by atoms with van der Waals surface area (Å²) >= 11 is 0. The molecule has 0 aromatic heterocycles. The Morgan fingerprint density at radius 1 is 1.04 bits per heavy atom. The monoisotopic (exact) mass is 335 g/mol. The van der Waals surface area contributed by atoms with Gasteiger partial charge in [-0.05, 0) is 61.7 Å². The Balaban J connectivity index is 1.89. The lowest BCUT2D eigenvalue weighted by atomic mass is 9.57. The van der Waals surface area contributed by atoms with E-state index in [9.17, 15) is 0 Å². The Bertz CT molecular complexity index is 717. The second kappa shape index (κ2) is 6.04. The van der Waals surface area contributed by atoms with Crippen LogP contribution in [0.1, 0.15) is 77.3 Å². The number of fused-ring (bicyclic) bond motifs is 3.